The predicted molar refractivity (Wildman–Crippen MR) is 67.5 cm³/mol. The largest absolute Gasteiger partial charge is 0.361 e. The van der Waals surface area contributed by atoms with E-state index in [1.807, 2.05) is 12.3 Å². The number of rotatable bonds is 2. The highest BCUT2D eigenvalue weighted by atomic mass is 19.1. The fourth-order valence-corrected chi connectivity index (χ4v) is 3.19. The minimum atomic E-state index is -0.140. The van der Waals surface area contributed by atoms with E-state index in [9.17, 15) is 4.39 Å². The van der Waals surface area contributed by atoms with Crippen LogP contribution in [0.3, 0.4) is 0 Å². The van der Waals surface area contributed by atoms with E-state index < -0.39 is 0 Å². The molecule has 90 valence electrons. The minimum absolute atomic E-state index is 0.0134. The summed E-state index contributed by atoms with van der Waals surface area (Å²) in [5.74, 6) is -0.140. The van der Waals surface area contributed by atoms with Crippen molar-refractivity contribution in [2.45, 2.75) is 31.1 Å². The molecule has 3 N–H and O–H groups in total. The highest BCUT2D eigenvalue weighted by Crippen LogP contribution is 2.43. The van der Waals surface area contributed by atoms with E-state index in [1.54, 1.807) is 6.07 Å². The summed E-state index contributed by atoms with van der Waals surface area (Å²) in [6.07, 6.45) is 6.48. The summed E-state index contributed by atoms with van der Waals surface area (Å²) in [6, 6.07) is 5.18. The second kappa shape index (κ2) is 3.84. The number of hydrogen-bond acceptors (Lipinski definition) is 1. The Hall–Kier alpha value is -1.35. The van der Waals surface area contributed by atoms with Crippen LogP contribution in [0.15, 0.2) is 24.4 Å². The van der Waals surface area contributed by atoms with Crippen LogP contribution in [0.2, 0.25) is 0 Å². The molecule has 0 bridgehead atoms. The van der Waals surface area contributed by atoms with Gasteiger partial charge in [-0.15, -0.1) is 0 Å². The minimum Gasteiger partial charge on any atom is -0.361 e. The molecule has 0 unspecified atom stereocenters. The molecule has 1 aromatic heterocycles. The van der Waals surface area contributed by atoms with Crippen molar-refractivity contribution in [2.24, 2.45) is 5.73 Å². The Morgan fingerprint density at radius 2 is 2.06 bits per heavy atom. The van der Waals surface area contributed by atoms with E-state index in [-0.39, 0.29) is 11.2 Å². The van der Waals surface area contributed by atoms with E-state index in [0.717, 1.165) is 29.3 Å². The maximum Gasteiger partial charge on any atom is 0.132 e. The van der Waals surface area contributed by atoms with Gasteiger partial charge in [0.25, 0.3) is 0 Å². The SMILES string of the molecule is NCC1(c2c[nH]c3cccc(F)c23)CCCC1. The summed E-state index contributed by atoms with van der Waals surface area (Å²) in [5, 5.41) is 0.736. The molecule has 3 rings (SSSR count). The third-order valence-electron chi connectivity index (χ3n) is 4.18. The lowest BCUT2D eigenvalue weighted by Gasteiger charge is -2.27. The van der Waals surface area contributed by atoms with Crippen molar-refractivity contribution in [2.75, 3.05) is 6.54 Å². The smallest absolute Gasteiger partial charge is 0.132 e. The van der Waals surface area contributed by atoms with Gasteiger partial charge >= 0.3 is 0 Å². The summed E-state index contributed by atoms with van der Waals surface area (Å²) >= 11 is 0. The zero-order chi connectivity index (χ0) is 11.9. The number of H-pyrrole nitrogens is 1. The van der Waals surface area contributed by atoms with Gasteiger partial charge in [0, 0.05) is 29.1 Å². The summed E-state index contributed by atoms with van der Waals surface area (Å²) < 4.78 is 14.0. The molecular weight excluding hydrogens is 215 g/mol. The van der Waals surface area contributed by atoms with E-state index in [1.165, 1.54) is 18.9 Å². The molecule has 2 nitrogen and oxygen atoms in total. The highest BCUT2D eigenvalue weighted by molar-refractivity contribution is 5.85. The molecule has 0 atom stereocenters. The van der Waals surface area contributed by atoms with Crippen molar-refractivity contribution in [1.29, 1.82) is 0 Å². The first-order chi connectivity index (χ1) is 8.27. The Morgan fingerprint density at radius 3 is 2.76 bits per heavy atom. The van der Waals surface area contributed by atoms with Crippen LogP contribution in [-0.2, 0) is 5.41 Å². The Balaban J connectivity index is 2.23. The molecule has 1 heterocycles. The molecule has 0 saturated heterocycles. The molecule has 0 aliphatic heterocycles. The van der Waals surface area contributed by atoms with Gasteiger partial charge in [-0.05, 0) is 30.5 Å². The maximum atomic E-state index is 14.0. The number of benzene rings is 1. The maximum absolute atomic E-state index is 14.0. The highest BCUT2D eigenvalue weighted by Gasteiger charge is 2.36. The van der Waals surface area contributed by atoms with Gasteiger partial charge in [0.2, 0.25) is 0 Å². The quantitative estimate of drug-likeness (QED) is 0.821. The molecule has 1 aliphatic carbocycles. The van der Waals surface area contributed by atoms with Crippen LogP contribution in [-0.4, -0.2) is 11.5 Å². The third kappa shape index (κ3) is 1.49. The zero-order valence-corrected chi connectivity index (χ0v) is 9.80. The van der Waals surface area contributed by atoms with Gasteiger partial charge < -0.3 is 10.7 Å². The normalized spacial score (nSPS) is 18.9. The van der Waals surface area contributed by atoms with Gasteiger partial charge in [-0.3, -0.25) is 0 Å². The lowest BCUT2D eigenvalue weighted by atomic mass is 9.79. The van der Waals surface area contributed by atoms with Gasteiger partial charge in [0.1, 0.15) is 5.82 Å². The molecule has 3 heteroatoms. The van der Waals surface area contributed by atoms with Crippen LogP contribution in [0.5, 0.6) is 0 Å². The molecular formula is C14H17FN2. The van der Waals surface area contributed by atoms with Gasteiger partial charge in [-0.1, -0.05) is 18.9 Å². The van der Waals surface area contributed by atoms with Crippen molar-refractivity contribution < 1.29 is 4.39 Å². The lowest BCUT2D eigenvalue weighted by molar-refractivity contribution is 0.455. The van der Waals surface area contributed by atoms with Crippen molar-refractivity contribution in [3.8, 4) is 0 Å². The van der Waals surface area contributed by atoms with Crippen LogP contribution < -0.4 is 5.73 Å². The summed E-state index contributed by atoms with van der Waals surface area (Å²) in [5.41, 5.74) is 7.90. The molecule has 2 aromatic rings. The van der Waals surface area contributed by atoms with Crippen LogP contribution >= 0.6 is 0 Å². The summed E-state index contributed by atoms with van der Waals surface area (Å²) in [7, 11) is 0. The van der Waals surface area contributed by atoms with Gasteiger partial charge in [0.05, 0.1) is 0 Å². The first-order valence-corrected chi connectivity index (χ1v) is 6.23. The number of hydrogen-bond donors (Lipinski definition) is 2. The molecule has 0 radical (unpaired) electrons. The van der Waals surface area contributed by atoms with Crippen molar-refractivity contribution in [1.82, 2.24) is 4.98 Å². The summed E-state index contributed by atoms with van der Waals surface area (Å²) in [6.45, 7) is 0.605. The van der Waals surface area contributed by atoms with Crippen molar-refractivity contribution in [3.63, 3.8) is 0 Å². The topological polar surface area (TPSA) is 41.8 Å². The number of aromatic amines is 1. The fourth-order valence-electron chi connectivity index (χ4n) is 3.19. The molecule has 1 aliphatic rings. The Bertz CT molecular complexity index is 538. The molecule has 0 amide bonds. The van der Waals surface area contributed by atoms with E-state index in [0.29, 0.717) is 6.54 Å². The predicted octanol–water partition coefficient (Wildman–Crippen LogP) is 3.08. The molecule has 1 fully saturated rings. The standard InChI is InChI=1S/C14H17FN2/c15-11-4-3-5-12-13(11)10(8-17-12)14(9-16)6-1-2-7-14/h3-5,8,17H,1-2,6-7,9,16H2. The number of halogens is 1. The van der Waals surface area contributed by atoms with Gasteiger partial charge in [-0.25, -0.2) is 4.39 Å². The van der Waals surface area contributed by atoms with Crippen LogP contribution in [0, 0.1) is 5.82 Å². The zero-order valence-electron chi connectivity index (χ0n) is 9.80. The van der Waals surface area contributed by atoms with E-state index >= 15 is 0 Å². The lowest BCUT2D eigenvalue weighted by Crippen LogP contribution is -2.31. The third-order valence-corrected chi connectivity index (χ3v) is 4.18. The summed E-state index contributed by atoms with van der Waals surface area (Å²) in [4.78, 5) is 3.17. The number of nitrogens with two attached hydrogens (primary N) is 1. The number of nitrogens with one attached hydrogen (secondary N) is 1. The average molecular weight is 232 g/mol. The number of fused-ring (bicyclic) bond motifs is 1. The Morgan fingerprint density at radius 1 is 1.29 bits per heavy atom. The van der Waals surface area contributed by atoms with E-state index in [4.69, 9.17) is 5.73 Å². The average Bonchev–Trinajstić information content (AvgIpc) is 2.96. The Labute approximate surface area is 100 Å². The number of aromatic nitrogens is 1. The van der Waals surface area contributed by atoms with Gasteiger partial charge in [0.15, 0.2) is 0 Å². The first kappa shape index (κ1) is 10.8. The fraction of sp³-hybridized carbons (Fsp3) is 0.429. The van der Waals surface area contributed by atoms with Gasteiger partial charge in [-0.2, -0.15) is 0 Å². The van der Waals surface area contributed by atoms with E-state index in [2.05, 4.69) is 4.98 Å². The molecule has 17 heavy (non-hydrogen) atoms. The Kier molecular flexibility index (Phi) is 2.44. The van der Waals surface area contributed by atoms with Crippen molar-refractivity contribution in [3.05, 3.63) is 35.8 Å². The molecule has 0 spiro atoms. The van der Waals surface area contributed by atoms with Crippen LogP contribution in [0.4, 0.5) is 4.39 Å². The molecule has 1 aromatic carbocycles. The van der Waals surface area contributed by atoms with Crippen LogP contribution in [0.1, 0.15) is 31.2 Å². The van der Waals surface area contributed by atoms with Crippen molar-refractivity contribution >= 4 is 10.9 Å². The molecule has 1 saturated carbocycles. The van der Waals surface area contributed by atoms with Crippen LogP contribution in [0.25, 0.3) is 10.9 Å². The second-order valence-electron chi connectivity index (χ2n) is 5.06. The first-order valence-electron chi connectivity index (χ1n) is 6.23. The monoisotopic (exact) mass is 232 g/mol. The second-order valence-corrected chi connectivity index (χ2v) is 5.06.